The molecule has 1 heterocycles. The van der Waals surface area contributed by atoms with Crippen molar-refractivity contribution in [2.45, 2.75) is 4.83 Å². The molecule has 1 aromatic carbocycles. The van der Waals surface area contributed by atoms with E-state index in [2.05, 4.69) is 80.3 Å². The minimum Gasteiger partial charge on any atom is -0.147 e. The summed E-state index contributed by atoms with van der Waals surface area (Å²) in [6.07, 6.45) is 0. The molecular weight excluding hydrogens is 371 g/mol. The zero-order valence-corrected chi connectivity index (χ0v) is 11.8. The monoisotopic (exact) mass is 378 g/mol. The topological polar surface area (TPSA) is 0 Å². The van der Waals surface area contributed by atoms with Crippen molar-refractivity contribution >= 4 is 49.9 Å². The first-order valence-corrected chi connectivity index (χ1v) is 7.08. The summed E-state index contributed by atoms with van der Waals surface area (Å²) in [6.45, 7) is 0. The van der Waals surface area contributed by atoms with Crippen LogP contribution < -0.4 is 0 Å². The van der Waals surface area contributed by atoms with Gasteiger partial charge in [0.2, 0.25) is 0 Å². The summed E-state index contributed by atoms with van der Waals surface area (Å²) in [4.78, 5) is 1.68. The molecule has 3 heteroatoms. The molecule has 2 rings (SSSR count). The Morgan fingerprint density at radius 2 is 1.93 bits per heavy atom. The van der Waals surface area contributed by atoms with Crippen LogP contribution in [0.5, 0.6) is 0 Å². The lowest BCUT2D eigenvalue weighted by Crippen LogP contribution is -1.92. The van der Waals surface area contributed by atoms with E-state index < -0.39 is 0 Å². The highest BCUT2D eigenvalue weighted by atomic mass is 127. The van der Waals surface area contributed by atoms with Crippen molar-refractivity contribution in [2.75, 3.05) is 0 Å². The average Bonchev–Trinajstić information content (AvgIpc) is 2.70. The van der Waals surface area contributed by atoms with Crippen LogP contribution in [0, 0.1) is 3.57 Å². The molecule has 1 unspecified atom stereocenters. The molecule has 0 nitrogen and oxygen atoms in total. The predicted molar refractivity (Wildman–Crippen MR) is 74.2 cm³/mol. The molecule has 0 spiro atoms. The Morgan fingerprint density at radius 1 is 1.14 bits per heavy atom. The van der Waals surface area contributed by atoms with Gasteiger partial charge in [0.05, 0.1) is 4.83 Å². The van der Waals surface area contributed by atoms with Crippen molar-refractivity contribution in [3.8, 4) is 0 Å². The maximum atomic E-state index is 3.73. The first-order chi connectivity index (χ1) is 6.79. The first kappa shape index (κ1) is 10.6. The first-order valence-electron chi connectivity index (χ1n) is 4.21. The lowest BCUT2D eigenvalue weighted by Gasteiger charge is -2.09. The maximum Gasteiger partial charge on any atom is 0.0748 e. The van der Waals surface area contributed by atoms with Crippen LogP contribution in [-0.4, -0.2) is 0 Å². The van der Waals surface area contributed by atoms with Crippen molar-refractivity contribution in [1.29, 1.82) is 0 Å². The predicted octanol–water partition coefficient (Wildman–Crippen LogP) is 4.84. The zero-order chi connectivity index (χ0) is 9.97. The molecule has 0 aliphatic rings. The van der Waals surface area contributed by atoms with Gasteiger partial charge in [0.1, 0.15) is 0 Å². The highest BCUT2D eigenvalue weighted by molar-refractivity contribution is 14.1. The molecule has 0 saturated carbocycles. The van der Waals surface area contributed by atoms with Gasteiger partial charge in [0, 0.05) is 8.45 Å². The molecule has 0 saturated heterocycles. The van der Waals surface area contributed by atoms with E-state index in [4.69, 9.17) is 0 Å². The molecular formula is C11H8BrIS. The molecule has 0 aliphatic heterocycles. The molecule has 0 radical (unpaired) electrons. The van der Waals surface area contributed by atoms with E-state index in [1.807, 2.05) is 0 Å². The Labute approximate surface area is 110 Å². The van der Waals surface area contributed by atoms with Crippen molar-refractivity contribution < 1.29 is 0 Å². The molecule has 1 atom stereocenters. The standard InChI is InChI=1S/C11H8BrIS/c12-11(10-6-3-7-14-10)8-4-1-2-5-9(8)13/h1-7,11H. The summed E-state index contributed by atoms with van der Waals surface area (Å²) < 4.78 is 1.31. The Balaban J connectivity index is 2.37. The van der Waals surface area contributed by atoms with Gasteiger partial charge in [0.15, 0.2) is 0 Å². The van der Waals surface area contributed by atoms with Crippen LogP contribution in [0.25, 0.3) is 0 Å². The number of thiophene rings is 1. The van der Waals surface area contributed by atoms with Crippen LogP contribution in [-0.2, 0) is 0 Å². The fourth-order valence-electron chi connectivity index (χ4n) is 1.27. The molecule has 72 valence electrons. The molecule has 0 fully saturated rings. The van der Waals surface area contributed by atoms with Gasteiger partial charge < -0.3 is 0 Å². The van der Waals surface area contributed by atoms with E-state index in [-0.39, 0.29) is 0 Å². The third-order valence-electron chi connectivity index (χ3n) is 1.97. The zero-order valence-electron chi connectivity index (χ0n) is 7.28. The van der Waals surface area contributed by atoms with Crippen molar-refractivity contribution in [1.82, 2.24) is 0 Å². The van der Waals surface area contributed by atoms with Gasteiger partial charge in [-0.05, 0) is 45.7 Å². The summed E-state index contributed by atoms with van der Waals surface area (Å²) >= 11 is 7.89. The average molecular weight is 379 g/mol. The second-order valence-corrected chi connectivity index (χ2v) is 5.96. The van der Waals surface area contributed by atoms with Crippen LogP contribution >= 0.6 is 49.9 Å². The molecule has 0 aliphatic carbocycles. The minimum atomic E-state index is 0.329. The highest BCUT2D eigenvalue weighted by Crippen LogP contribution is 2.35. The Bertz CT molecular complexity index is 411. The fraction of sp³-hybridized carbons (Fsp3) is 0.0909. The number of hydrogen-bond donors (Lipinski definition) is 0. The van der Waals surface area contributed by atoms with E-state index >= 15 is 0 Å². The lowest BCUT2D eigenvalue weighted by atomic mass is 10.1. The number of hydrogen-bond acceptors (Lipinski definition) is 1. The van der Waals surface area contributed by atoms with E-state index in [0.717, 1.165) is 0 Å². The summed E-state index contributed by atoms with van der Waals surface area (Å²) in [5, 5.41) is 2.11. The molecule has 2 aromatic rings. The Morgan fingerprint density at radius 3 is 2.57 bits per heavy atom. The normalized spacial score (nSPS) is 12.7. The Kier molecular flexibility index (Phi) is 3.62. The van der Waals surface area contributed by atoms with Gasteiger partial charge in [-0.3, -0.25) is 0 Å². The van der Waals surface area contributed by atoms with Gasteiger partial charge in [-0.2, -0.15) is 0 Å². The lowest BCUT2D eigenvalue weighted by molar-refractivity contribution is 1.21. The highest BCUT2D eigenvalue weighted by Gasteiger charge is 2.13. The van der Waals surface area contributed by atoms with Crippen LogP contribution in [0.4, 0.5) is 0 Å². The summed E-state index contributed by atoms with van der Waals surface area (Å²) in [5.41, 5.74) is 1.34. The van der Waals surface area contributed by atoms with Gasteiger partial charge in [0.25, 0.3) is 0 Å². The van der Waals surface area contributed by atoms with E-state index in [0.29, 0.717) is 4.83 Å². The number of alkyl halides is 1. The number of rotatable bonds is 2. The van der Waals surface area contributed by atoms with Crippen LogP contribution in [0.3, 0.4) is 0 Å². The van der Waals surface area contributed by atoms with Crippen LogP contribution in [0.2, 0.25) is 0 Å². The van der Waals surface area contributed by atoms with Crippen molar-refractivity contribution in [2.24, 2.45) is 0 Å². The van der Waals surface area contributed by atoms with Crippen molar-refractivity contribution in [3.63, 3.8) is 0 Å². The summed E-state index contributed by atoms with van der Waals surface area (Å²) in [6, 6.07) is 12.7. The summed E-state index contributed by atoms with van der Waals surface area (Å²) in [5.74, 6) is 0. The summed E-state index contributed by atoms with van der Waals surface area (Å²) in [7, 11) is 0. The largest absolute Gasteiger partial charge is 0.147 e. The smallest absolute Gasteiger partial charge is 0.0748 e. The van der Waals surface area contributed by atoms with Crippen LogP contribution in [0.1, 0.15) is 15.3 Å². The Hall–Kier alpha value is 0.130. The van der Waals surface area contributed by atoms with Gasteiger partial charge in [-0.15, -0.1) is 11.3 Å². The van der Waals surface area contributed by atoms with E-state index in [1.165, 1.54) is 14.0 Å². The minimum absolute atomic E-state index is 0.329. The third kappa shape index (κ3) is 2.20. The second kappa shape index (κ2) is 4.77. The third-order valence-corrected chi connectivity index (χ3v) is 5.18. The van der Waals surface area contributed by atoms with E-state index in [1.54, 1.807) is 11.3 Å². The van der Waals surface area contributed by atoms with Crippen molar-refractivity contribution in [3.05, 3.63) is 55.8 Å². The molecule has 0 N–H and O–H groups in total. The van der Waals surface area contributed by atoms with Crippen LogP contribution in [0.15, 0.2) is 41.8 Å². The number of benzene rings is 1. The molecule has 1 aromatic heterocycles. The molecule has 14 heavy (non-hydrogen) atoms. The quantitative estimate of drug-likeness (QED) is 0.518. The molecule has 0 bridgehead atoms. The SMILES string of the molecule is BrC(c1cccs1)c1ccccc1I. The maximum absolute atomic E-state index is 3.73. The van der Waals surface area contributed by atoms with Gasteiger partial charge >= 0.3 is 0 Å². The fourth-order valence-corrected chi connectivity index (χ4v) is 3.99. The van der Waals surface area contributed by atoms with Gasteiger partial charge in [-0.1, -0.05) is 40.2 Å². The molecule has 0 amide bonds. The van der Waals surface area contributed by atoms with E-state index in [9.17, 15) is 0 Å². The number of halogens is 2. The van der Waals surface area contributed by atoms with Gasteiger partial charge in [-0.25, -0.2) is 0 Å². The second-order valence-electron chi connectivity index (χ2n) is 2.90.